The Morgan fingerprint density at radius 1 is 1.60 bits per heavy atom. The molecule has 15 heavy (non-hydrogen) atoms. The number of amides is 1. The third-order valence-electron chi connectivity index (χ3n) is 2.67. The summed E-state index contributed by atoms with van der Waals surface area (Å²) >= 11 is 0. The molecule has 0 aromatic carbocycles. The van der Waals surface area contributed by atoms with Crippen molar-refractivity contribution in [1.82, 2.24) is 15.1 Å². The van der Waals surface area contributed by atoms with Crippen LogP contribution in [0, 0.1) is 19.8 Å². The molecular formula is C11H17N3O. The van der Waals surface area contributed by atoms with Gasteiger partial charge in [-0.05, 0) is 32.8 Å². The SMILES string of the molecule is Cc1cc(C)n(CCNC(=O)C2CC2)n1. The monoisotopic (exact) mass is 207 g/mol. The minimum absolute atomic E-state index is 0.205. The first-order valence-corrected chi connectivity index (χ1v) is 5.45. The Morgan fingerprint density at radius 3 is 2.87 bits per heavy atom. The van der Waals surface area contributed by atoms with Crippen molar-refractivity contribution in [1.29, 1.82) is 0 Å². The number of nitrogens with zero attached hydrogens (tertiary/aromatic N) is 2. The fourth-order valence-corrected chi connectivity index (χ4v) is 1.68. The quantitative estimate of drug-likeness (QED) is 0.801. The molecule has 2 rings (SSSR count). The van der Waals surface area contributed by atoms with Gasteiger partial charge >= 0.3 is 0 Å². The van der Waals surface area contributed by atoms with E-state index in [2.05, 4.69) is 10.4 Å². The summed E-state index contributed by atoms with van der Waals surface area (Å²) in [5.41, 5.74) is 2.18. The van der Waals surface area contributed by atoms with Crippen LogP contribution in [0.4, 0.5) is 0 Å². The predicted molar refractivity (Wildman–Crippen MR) is 57.4 cm³/mol. The predicted octanol–water partition coefficient (Wildman–Crippen LogP) is 1.03. The molecule has 1 aliphatic rings. The fourth-order valence-electron chi connectivity index (χ4n) is 1.68. The smallest absolute Gasteiger partial charge is 0.223 e. The summed E-state index contributed by atoms with van der Waals surface area (Å²) in [6, 6.07) is 2.04. The number of aryl methyl sites for hydroxylation is 2. The van der Waals surface area contributed by atoms with Crippen molar-refractivity contribution in [3.05, 3.63) is 17.5 Å². The number of hydrogen-bond acceptors (Lipinski definition) is 2. The van der Waals surface area contributed by atoms with E-state index in [4.69, 9.17) is 0 Å². The topological polar surface area (TPSA) is 46.9 Å². The molecule has 0 radical (unpaired) electrons. The maximum absolute atomic E-state index is 11.3. The highest BCUT2D eigenvalue weighted by atomic mass is 16.2. The molecule has 1 aromatic heterocycles. The fraction of sp³-hybridized carbons (Fsp3) is 0.636. The molecule has 1 heterocycles. The van der Waals surface area contributed by atoms with Gasteiger partial charge in [0.2, 0.25) is 5.91 Å². The number of rotatable bonds is 4. The van der Waals surface area contributed by atoms with E-state index >= 15 is 0 Å². The van der Waals surface area contributed by atoms with Gasteiger partial charge in [-0.25, -0.2) is 0 Å². The van der Waals surface area contributed by atoms with Crippen LogP contribution in [0.5, 0.6) is 0 Å². The first-order chi connectivity index (χ1) is 7.16. The van der Waals surface area contributed by atoms with Crippen molar-refractivity contribution >= 4 is 5.91 Å². The van der Waals surface area contributed by atoms with Crippen LogP contribution in [0.1, 0.15) is 24.2 Å². The van der Waals surface area contributed by atoms with E-state index in [-0.39, 0.29) is 5.91 Å². The Balaban J connectivity index is 1.77. The van der Waals surface area contributed by atoms with Crippen LogP contribution in [0.2, 0.25) is 0 Å². The molecular weight excluding hydrogens is 190 g/mol. The van der Waals surface area contributed by atoms with Crippen LogP contribution in [0.3, 0.4) is 0 Å². The maximum atomic E-state index is 11.3. The molecule has 1 aliphatic carbocycles. The summed E-state index contributed by atoms with van der Waals surface area (Å²) in [7, 11) is 0. The highest BCUT2D eigenvalue weighted by Crippen LogP contribution is 2.28. The zero-order chi connectivity index (χ0) is 10.8. The lowest BCUT2D eigenvalue weighted by molar-refractivity contribution is -0.122. The van der Waals surface area contributed by atoms with E-state index < -0.39 is 0 Å². The van der Waals surface area contributed by atoms with Gasteiger partial charge in [0.05, 0.1) is 12.2 Å². The molecule has 1 aromatic rings. The zero-order valence-corrected chi connectivity index (χ0v) is 9.29. The van der Waals surface area contributed by atoms with Crippen molar-refractivity contribution in [2.75, 3.05) is 6.54 Å². The molecule has 0 atom stereocenters. The maximum Gasteiger partial charge on any atom is 0.223 e. The third-order valence-corrected chi connectivity index (χ3v) is 2.67. The molecule has 4 nitrogen and oxygen atoms in total. The molecule has 0 unspecified atom stereocenters. The lowest BCUT2D eigenvalue weighted by atomic mass is 10.4. The van der Waals surface area contributed by atoms with Crippen molar-refractivity contribution in [3.63, 3.8) is 0 Å². The van der Waals surface area contributed by atoms with Gasteiger partial charge < -0.3 is 5.32 Å². The van der Waals surface area contributed by atoms with Gasteiger partial charge in [-0.3, -0.25) is 9.48 Å². The van der Waals surface area contributed by atoms with Gasteiger partial charge in [0.15, 0.2) is 0 Å². The van der Waals surface area contributed by atoms with E-state index in [1.165, 1.54) is 0 Å². The molecule has 4 heteroatoms. The van der Waals surface area contributed by atoms with E-state index in [1.54, 1.807) is 0 Å². The molecule has 0 spiro atoms. The number of carbonyl (C=O) groups is 1. The summed E-state index contributed by atoms with van der Waals surface area (Å²) in [6.07, 6.45) is 2.12. The molecule has 1 fully saturated rings. The second-order valence-electron chi connectivity index (χ2n) is 4.22. The molecule has 1 saturated carbocycles. The van der Waals surface area contributed by atoms with Crippen LogP contribution in [-0.4, -0.2) is 22.2 Å². The van der Waals surface area contributed by atoms with Crippen molar-refractivity contribution in [3.8, 4) is 0 Å². The second kappa shape index (κ2) is 4.04. The molecule has 1 amide bonds. The standard InChI is InChI=1S/C11H17N3O/c1-8-7-9(2)14(13-8)6-5-12-11(15)10-3-4-10/h7,10H,3-6H2,1-2H3,(H,12,15). The molecule has 0 bridgehead atoms. The average Bonchev–Trinajstić information content (AvgIpc) is 2.94. The van der Waals surface area contributed by atoms with Crippen molar-refractivity contribution in [2.24, 2.45) is 5.92 Å². The normalized spacial score (nSPS) is 15.3. The number of hydrogen-bond donors (Lipinski definition) is 1. The Hall–Kier alpha value is -1.32. The number of carbonyl (C=O) groups excluding carboxylic acids is 1. The lowest BCUT2D eigenvalue weighted by Crippen LogP contribution is -2.28. The molecule has 0 saturated heterocycles. The van der Waals surface area contributed by atoms with E-state index in [0.29, 0.717) is 12.5 Å². The van der Waals surface area contributed by atoms with E-state index in [9.17, 15) is 4.79 Å². The Bertz CT molecular complexity index is 366. The number of aromatic nitrogens is 2. The van der Waals surface area contributed by atoms with Crippen LogP contribution >= 0.6 is 0 Å². The summed E-state index contributed by atoms with van der Waals surface area (Å²) in [5.74, 6) is 0.502. The Labute approximate surface area is 89.7 Å². The third kappa shape index (κ3) is 2.58. The Morgan fingerprint density at radius 2 is 2.33 bits per heavy atom. The van der Waals surface area contributed by atoms with E-state index in [1.807, 2.05) is 24.6 Å². The zero-order valence-electron chi connectivity index (χ0n) is 9.29. The summed E-state index contributed by atoms with van der Waals surface area (Å²) in [4.78, 5) is 11.3. The summed E-state index contributed by atoms with van der Waals surface area (Å²) < 4.78 is 1.93. The largest absolute Gasteiger partial charge is 0.354 e. The first kappa shape index (κ1) is 10.2. The number of nitrogens with one attached hydrogen (secondary N) is 1. The minimum atomic E-state index is 0.205. The molecule has 0 aliphatic heterocycles. The molecule has 1 N–H and O–H groups in total. The average molecular weight is 207 g/mol. The van der Waals surface area contributed by atoms with E-state index in [0.717, 1.165) is 30.8 Å². The highest BCUT2D eigenvalue weighted by Gasteiger charge is 2.28. The summed E-state index contributed by atoms with van der Waals surface area (Å²) in [6.45, 7) is 5.45. The van der Waals surface area contributed by atoms with Crippen molar-refractivity contribution in [2.45, 2.75) is 33.2 Å². The minimum Gasteiger partial charge on any atom is -0.354 e. The van der Waals surface area contributed by atoms with Gasteiger partial charge in [-0.2, -0.15) is 5.10 Å². The van der Waals surface area contributed by atoms with Crippen LogP contribution in [0.25, 0.3) is 0 Å². The summed E-state index contributed by atoms with van der Waals surface area (Å²) in [5, 5.41) is 7.26. The van der Waals surface area contributed by atoms with Gasteiger partial charge in [-0.1, -0.05) is 0 Å². The second-order valence-corrected chi connectivity index (χ2v) is 4.22. The Kier molecular flexibility index (Phi) is 2.75. The van der Waals surface area contributed by atoms with Crippen LogP contribution < -0.4 is 5.32 Å². The molecule has 82 valence electrons. The lowest BCUT2D eigenvalue weighted by Gasteiger charge is -2.05. The van der Waals surface area contributed by atoms with Gasteiger partial charge in [0, 0.05) is 18.2 Å². The van der Waals surface area contributed by atoms with Gasteiger partial charge in [-0.15, -0.1) is 0 Å². The van der Waals surface area contributed by atoms with Crippen LogP contribution in [0.15, 0.2) is 6.07 Å². The van der Waals surface area contributed by atoms with Crippen molar-refractivity contribution < 1.29 is 4.79 Å². The highest BCUT2D eigenvalue weighted by molar-refractivity contribution is 5.80. The first-order valence-electron chi connectivity index (χ1n) is 5.45. The van der Waals surface area contributed by atoms with Gasteiger partial charge in [0.25, 0.3) is 0 Å². The van der Waals surface area contributed by atoms with Gasteiger partial charge in [0.1, 0.15) is 0 Å². The van der Waals surface area contributed by atoms with Crippen LogP contribution in [-0.2, 0) is 11.3 Å².